The number of hydrogen-bond donors (Lipinski definition) is 0. The third-order valence-corrected chi connectivity index (χ3v) is 9.13. The Labute approximate surface area is 208 Å². The van der Waals surface area contributed by atoms with Gasteiger partial charge in [0.1, 0.15) is 10.5 Å². The Kier molecular flexibility index (Phi) is 7.70. The summed E-state index contributed by atoms with van der Waals surface area (Å²) in [4.78, 5) is 15.0. The molecular weight excluding hydrogens is 474 g/mol. The van der Waals surface area contributed by atoms with Gasteiger partial charge in [-0.1, -0.05) is 44.5 Å². The van der Waals surface area contributed by atoms with Crippen molar-refractivity contribution in [3.63, 3.8) is 0 Å². The smallest absolute Gasteiger partial charge is 0.232 e. The fourth-order valence-electron chi connectivity index (χ4n) is 4.38. The van der Waals surface area contributed by atoms with Crippen LogP contribution in [0, 0.1) is 5.41 Å². The first-order chi connectivity index (χ1) is 15.8. The monoisotopic (exact) mass is 507 g/mol. The number of amides is 1. The maximum Gasteiger partial charge on any atom is 0.232 e. The SMILES string of the molecule is COc1cccc(S(=O)(=O)C2(c3ccc(N(C(=O)C(C)(C)C)C(C)C)c(Cl)c3)CCOCC2)c1. The van der Waals surface area contributed by atoms with Crippen LogP contribution in [0.4, 0.5) is 5.69 Å². The summed E-state index contributed by atoms with van der Waals surface area (Å²) in [6.07, 6.45) is 0.605. The van der Waals surface area contributed by atoms with Gasteiger partial charge in [0, 0.05) is 24.7 Å². The molecule has 2 aromatic rings. The zero-order valence-corrected chi connectivity index (χ0v) is 22.3. The van der Waals surface area contributed by atoms with Crippen molar-refractivity contribution >= 4 is 33.0 Å². The van der Waals surface area contributed by atoms with Gasteiger partial charge in [-0.25, -0.2) is 8.42 Å². The number of carbonyl (C=O) groups excluding carboxylic acids is 1. The van der Waals surface area contributed by atoms with E-state index in [9.17, 15) is 13.2 Å². The fourth-order valence-corrected chi connectivity index (χ4v) is 6.77. The molecule has 1 saturated heterocycles. The Morgan fingerprint density at radius 1 is 1.12 bits per heavy atom. The van der Waals surface area contributed by atoms with E-state index in [1.54, 1.807) is 47.4 Å². The molecular formula is C26H34ClNO5S. The quantitative estimate of drug-likeness (QED) is 0.507. The van der Waals surface area contributed by atoms with Crippen LogP contribution in [0.1, 0.15) is 53.0 Å². The molecule has 1 amide bonds. The van der Waals surface area contributed by atoms with E-state index >= 15 is 0 Å². The maximum absolute atomic E-state index is 14.0. The first-order valence-corrected chi connectivity index (χ1v) is 13.3. The Morgan fingerprint density at radius 2 is 1.76 bits per heavy atom. The molecule has 1 fully saturated rings. The second kappa shape index (κ2) is 9.88. The number of rotatable bonds is 6. The van der Waals surface area contributed by atoms with Crippen LogP contribution in [-0.4, -0.2) is 40.7 Å². The van der Waals surface area contributed by atoms with Crippen molar-refractivity contribution in [3.05, 3.63) is 53.1 Å². The first-order valence-electron chi connectivity index (χ1n) is 11.5. The van der Waals surface area contributed by atoms with Crippen LogP contribution >= 0.6 is 11.6 Å². The summed E-state index contributed by atoms with van der Waals surface area (Å²) in [5, 5.41) is 0.343. The van der Waals surface area contributed by atoms with E-state index in [-0.39, 0.29) is 16.8 Å². The average Bonchev–Trinajstić information content (AvgIpc) is 2.79. The number of methoxy groups -OCH3 is 1. The average molecular weight is 508 g/mol. The Morgan fingerprint density at radius 3 is 2.29 bits per heavy atom. The molecule has 6 nitrogen and oxygen atoms in total. The van der Waals surface area contributed by atoms with E-state index in [4.69, 9.17) is 21.1 Å². The molecule has 34 heavy (non-hydrogen) atoms. The molecule has 1 aliphatic heterocycles. The predicted octanol–water partition coefficient (Wildman–Crippen LogP) is 5.62. The van der Waals surface area contributed by atoms with Crippen LogP contribution in [0.2, 0.25) is 5.02 Å². The number of benzene rings is 2. The second-order valence-corrected chi connectivity index (χ2v) is 12.6. The Hall–Kier alpha value is -2.09. The van der Waals surface area contributed by atoms with Gasteiger partial charge in [-0.2, -0.15) is 0 Å². The molecule has 1 heterocycles. The Bertz CT molecular complexity index is 1150. The van der Waals surface area contributed by atoms with Gasteiger partial charge < -0.3 is 14.4 Å². The summed E-state index contributed by atoms with van der Waals surface area (Å²) in [6, 6.07) is 11.7. The van der Waals surface area contributed by atoms with Gasteiger partial charge in [0.2, 0.25) is 5.91 Å². The standard InChI is InChI=1S/C26H34ClNO5S/c1-18(2)28(24(29)25(3,4)5)23-11-10-19(16-22(23)27)26(12-14-33-15-13-26)34(30,31)21-9-7-8-20(17-21)32-6/h7-11,16-18H,12-15H2,1-6H3. The molecule has 0 atom stereocenters. The predicted molar refractivity (Wildman–Crippen MR) is 135 cm³/mol. The molecule has 0 N–H and O–H groups in total. The van der Waals surface area contributed by atoms with E-state index < -0.39 is 20.0 Å². The lowest BCUT2D eigenvalue weighted by atomic mass is 9.89. The fraction of sp³-hybridized carbons (Fsp3) is 0.500. The highest BCUT2D eigenvalue weighted by Gasteiger charge is 2.48. The van der Waals surface area contributed by atoms with Crippen molar-refractivity contribution in [1.29, 1.82) is 0 Å². The minimum atomic E-state index is -3.81. The van der Waals surface area contributed by atoms with E-state index in [2.05, 4.69) is 0 Å². The zero-order valence-electron chi connectivity index (χ0n) is 20.7. The lowest BCUT2D eigenvalue weighted by Gasteiger charge is -2.38. The van der Waals surface area contributed by atoms with Crippen molar-refractivity contribution in [2.75, 3.05) is 25.2 Å². The number of halogens is 1. The number of hydrogen-bond acceptors (Lipinski definition) is 5. The van der Waals surface area contributed by atoms with Crippen LogP contribution in [-0.2, 0) is 24.1 Å². The molecule has 1 aliphatic rings. The highest BCUT2D eigenvalue weighted by molar-refractivity contribution is 7.92. The number of nitrogens with zero attached hydrogens (tertiary/aromatic N) is 1. The third-order valence-electron chi connectivity index (χ3n) is 6.28. The molecule has 0 bridgehead atoms. The molecule has 2 aromatic carbocycles. The molecule has 0 unspecified atom stereocenters. The second-order valence-electron chi connectivity index (χ2n) is 9.97. The van der Waals surface area contributed by atoms with Gasteiger partial charge in [0.15, 0.2) is 9.84 Å². The van der Waals surface area contributed by atoms with Gasteiger partial charge in [-0.05, 0) is 62.6 Å². The lowest BCUT2D eigenvalue weighted by Crippen LogP contribution is -2.44. The molecule has 3 rings (SSSR count). The van der Waals surface area contributed by atoms with E-state index in [1.807, 2.05) is 34.6 Å². The van der Waals surface area contributed by atoms with Crippen molar-refractivity contribution in [2.45, 2.75) is 63.1 Å². The summed E-state index contributed by atoms with van der Waals surface area (Å²) in [7, 11) is -2.31. The molecule has 0 spiro atoms. The molecule has 0 saturated carbocycles. The van der Waals surface area contributed by atoms with Gasteiger partial charge in [-0.15, -0.1) is 0 Å². The van der Waals surface area contributed by atoms with E-state index in [0.717, 1.165) is 0 Å². The number of sulfone groups is 1. The van der Waals surface area contributed by atoms with Gasteiger partial charge >= 0.3 is 0 Å². The minimum absolute atomic E-state index is 0.0538. The van der Waals surface area contributed by atoms with Gasteiger partial charge in [-0.3, -0.25) is 4.79 Å². The maximum atomic E-state index is 14.0. The van der Waals surface area contributed by atoms with Crippen molar-refractivity contribution in [2.24, 2.45) is 5.41 Å². The summed E-state index contributed by atoms with van der Waals surface area (Å²) >= 11 is 6.75. The van der Waals surface area contributed by atoms with Crippen LogP contribution < -0.4 is 9.64 Å². The summed E-state index contributed by atoms with van der Waals surface area (Å²) in [5.74, 6) is 0.423. The highest BCUT2D eigenvalue weighted by Crippen LogP contribution is 2.46. The van der Waals surface area contributed by atoms with E-state index in [0.29, 0.717) is 48.1 Å². The number of carbonyl (C=O) groups is 1. The minimum Gasteiger partial charge on any atom is -0.497 e. The highest BCUT2D eigenvalue weighted by atomic mass is 35.5. The lowest BCUT2D eigenvalue weighted by molar-refractivity contribution is -0.126. The van der Waals surface area contributed by atoms with Gasteiger partial charge in [0.05, 0.1) is 22.7 Å². The number of anilines is 1. The third kappa shape index (κ3) is 4.83. The summed E-state index contributed by atoms with van der Waals surface area (Å²) < 4.78 is 37.7. The van der Waals surface area contributed by atoms with Crippen molar-refractivity contribution < 1.29 is 22.7 Å². The summed E-state index contributed by atoms with van der Waals surface area (Å²) in [6.45, 7) is 10.1. The van der Waals surface area contributed by atoms with E-state index in [1.165, 1.54) is 7.11 Å². The summed E-state index contributed by atoms with van der Waals surface area (Å²) in [5.41, 5.74) is 0.574. The molecule has 8 heteroatoms. The van der Waals surface area contributed by atoms with Crippen LogP contribution in [0.5, 0.6) is 5.75 Å². The Balaban J connectivity index is 2.14. The van der Waals surface area contributed by atoms with Crippen LogP contribution in [0.3, 0.4) is 0 Å². The van der Waals surface area contributed by atoms with Crippen molar-refractivity contribution in [3.8, 4) is 5.75 Å². The molecule has 0 radical (unpaired) electrons. The number of ether oxygens (including phenoxy) is 2. The topological polar surface area (TPSA) is 72.9 Å². The normalized spacial score (nSPS) is 16.4. The van der Waals surface area contributed by atoms with Gasteiger partial charge in [0.25, 0.3) is 0 Å². The van der Waals surface area contributed by atoms with Crippen LogP contribution in [0.25, 0.3) is 0 Å². The van der Waals surface area contributed by atoms with Crippen molar-refractivity contribution in [1.82, 2.24) is 0 Å². The largest absolute Gasteiger partial charge is 0.497 e. The molecule has 0 aromatic heterocycles. The first kappa shape index (κ1) is 26.5. The zero-order chi connectivity index (χ0) is 25.3. The molecule has 0 aliphatic carbocycles. The molecule has 186 valence electrons. The van der Waals surface area contributed by atoms with Crippen LogP contribution in [0.15, 0.2) is 47.4 Å².